The molecule has 0 bridgehead atoms. The largest absolute Gasteiger partial charge is 1.00 e. The summed E-state index contributed by atoms with van der Waals surface area (Å²) in [6.45, 7) is 31.7. The molecule has 144 heavy (non-hydrogen) atoms. The summed E-state index contributed by atoms with van der Waals surface area (Å²) in [5.74, 6) is -1.27. The summed E-state index contributed by atoms with van der Waals surface area (Å²) in [6, 6.07) is 21.6. The van der Waals surface area contributed by atoms with Crippen LogP contribution in [-0.4, -0.2) is 392 Å². The molecule has 66 heteroatoms. The molecule has 2 unspecified atom stereocenters. The van der Waals surface area contributed by atoms with Gasteiger partial charge in [-0.3, -0.25) is 44.8 Å². The number of phenolic OH excluding ortho intramolecular Hbond substituents is 1. The molecule has 8 aromatic rings. The summed E-state index contributed by atoms with van der Waals surface area (Å²) < 4.78 is 114. The first-order chi connectivity index (χ1) is 66.3. The van der Waals surface area contributed by atoms with E-state index in [9.17, 15) is 65.4 Å². The molecule has 4 aromatic heterocycles. The molecule has 8 rings (SSSR count). The quantitative estimate of drug-likeness (QED) is 0.00829. The molecule has 4 heterocycles. The Morgan fingerprint density at radius 1 is 0.507 bits per heavy atom. The zero-order valence-electron chi connectivity index (χ0n) is 86.9. The molecule has 0 aliphatic carbocycles. The van der Waals surface area contributed by atoms with Crippen molar-refractivity contribution in [3.05, 3.63) is 172 Å². The number of aliphatic hydroxyl groups is 2. The Balaban J connectivity index is -0.000000306. The maximum absolute atomic E-state index is 14.0. The van der Waals surface area contributed by atoms with Gasteiger partial charge in [-0.2, -0.15) is 5.10 Å². The van der Waals surface area contributed by atoms with E-state index in [1.54, 1.807) is 93.5 Å². The predicted molar refractivity (Wildman–Crippen MR) is 585 cm³/mol. The standard InChI is InChI=1S/C23H27FN4O5.C15H22FNO4.C15H20FNO4.C8H6ClN3O.C8H7FO2.C7H14ClNO2.CH3F.CH4O.4B7.B.Na.H/c1-14(29)18-13-26-20-8-9-21(27-28(18)20)32-15(2)17-12-16(24)6-7-19(17)31-11-10-25-22(30)33-23(3,4)5;2*1-10(18)12-9-11(16)5-6-13(12)20-8-7-17-14(19)21-15(2,3)4;1-5(13)6-4-10-8-3-2-7(9)11-12(6)8;1-5(10)7-4-6(9)2-3-8(7)11;1-7(2,3)11-6(10)9-5-4-8;2*1-2;4*1-5-7(4)6(2)3;;;/h6-9,12-13,15H,10-11H2,1-5H3,(H,25,30);5-6,9-10,18H,7-8H2,1-4H3,(H,17,19);5-6,9H,7-8H2,1-4H3,(H,17,19);2-4H,1H3;2-4,11H,1H3;4-5H2,1-3H3,(H,9,10);1H3;2H,1H3;;;;;;;/q;;;;;;;;;-3;-2;-1;;+1;-1/i;;;;;;1D;;;;;;;;. The van der Waals surface area contributed by atoms with E-state index < -0.39 is 115 Å². The number of carbonyl (C=O) groups excluding carboxylic acids is 8. The van der Waals surface area contributed by atoms with Gasteiger partial charge in [-0.05, 0) is 261 Å². The molecule has 723 valence electrons. The zero-order chi connectivity index (χ0) is 111. The number of alkyl carbamates (subject to hydrolysis) is 4. The first-order valence-electron chi connectivity index (χ1n) is 43.5. The molecule has 4 amide bonds. The van der Waals surface area contributed by atoms with Crippen molar-refractivity contribution in [2.24, 2.45) is 0 Å². The van der Waals surface area contributed by atoms with E-state index in [0.717, 1.165) is 31.4 Å². The molecule has 0 spiro atoms. The normalized spacial score (nSPS) is 10.4. The number of halogens is 7. The van der Waals surface area contributed by atoms with E-state index in [1.807, 2.05) is 20.8 Å². The van der Waals surface area contributed by atoms with Gasteiger partial charge in [0.15, 0.2) is 34.4 Å². The smallest absolute Gasteiger partial charge is 1.00 e. The Bertz CT molecular complexity index is 5030. The van der Waals surface area contributed by atoms with E-state index in [0.29, 0.717) is 62.9 Å². The Labute approximate surface area is 909 Å². The number of ketones is 4. The number of carbonyl (C=O) groups is 8. The van der Waals surface area contributed by atoms with E-state index in [-0.39, 0.29) is 156 Å². The third kappa shape index (κ3) is 69.2. The van der Waals surface area contributed by atoms with Crippen LogP contribution in [0.3, 0.4) is 0 Å². The van der Waals surface area contributed by atoms with Crippen molar-refractivity contribution in [1.82, 2.24) is 50.5 Å². The Morgan fingerprint density at radius 2 is 0.840 bits per heavy atom. The fourth-order valence-electron chi connectivity index (χ4n) is 9.00. The molecule has 0 fully saturated rings. The molecule has 45 radical (unpaired) electrons. The Morgan fingerprint density at radius 3 is 1.14 bits per heavy atom. The van der Waals surface area contributed by atoms with Gasteiger partial charge in [0.05, 0.1) is 57.8 Å². The minimum Gasteiger partial charge on any atom is -1.00 e. The van der Waals surface area contributed by atoms with Crippen LogP contribution in [0.4, 0.5) is 41.1 Å². The van der Waals surface area contributed by atoms with Crippen molar-refractivity contribution in [2.75, 3.05) is 66.1 Å². The van der Waals surface area contributed by atoms with Gasteiger partial charge in [0, 0.05) is 110 Å². The summed E-state index contributed by atoms with van der Waals surface area (Å²) in [6.07, 6.45) is -4.27. The second-order valence-corrected chi connectivity index (χ2v) is 33.6. The minimum atomic E-state index is -1.00. The van der Waals surface area contributed by atoms with Crippen LogP contribution in [0.1, 0.15) is 192 Å². The number of Topliss-reactive ketones (excluding diaryl/α,β-unsaturated/α-hetero) is 4. The van der Waals surface area contributed by atoms with Gasteiger partial charge in [-0.25, -0.2) is 62.1 Å². The summed E-state index contributed by atoms with van der Waals surface area (Å²) in [4.78, 5) is 98.4. The fraction of sp³-hybridized carbons (Fsp3) is 0.436. The molecule has 0 saturated heterocycles. The number of nitrogens with one attached hydrogen (secondary N) is 4. The van der Waals surface area contributed by atoms with Crippen molar-refractivity contribution >= 4 is 294 Å². The fourth-order valence-corrected chi connectivity index (χ4v) is 9.23. The van der Waals surface area contributed by atoms with Gasteiger partial charge in [0.2, 0.25) is 5.88 Å². The number of benzene rings is 4. The average molecular weight is 1990 g/mol. The van der Waals surface area contributed by atoms with E-state index in [1.165, 1.54) is 133 Å². The maximum Gasteiger partial charge on any atom is 1.00 e. The number of alkyl halides is 2. The summed E-state index contributed by atoms with van der Waals surface area (Å²) in [5, 5.41) is 44.4. The number of aromatic hydroxyl groups is 1. The number of aromatic nitrogens is 6. The first kappa shape index (κ1) is 144. The molecule has 0 saturated carbocycles. The number of imidazole rings is 2. The van der Waals surface area contributed by atoms with Crippen molar-refractivity contribution in [1.29, 1.82) is 0 Å². The van der Waals surface area contributed by atoms with Crippen LogP contribution in [0.2, 0.25) is 5.15 Å². The van der Waals surface area contributed by atoms with Gasteiger partial charge >= 0.3 is 53.9 Å². The van der Waals surface area contributed by atoms with Gasteiger partial charge in [-0.1, -0.05) is 18.0 Å². The third-order valence-electron chi connectivity index (χ3n) is 15.7. The zero-order valence-corrected chi connectivity index (χ0v) is 88.4. The van der Waals surface area contributed by atoms with Gasteiger partial charge in [0.1, 0.15) is 111 Å². The summed E-state index contributed by atoms with van der Waals surface area (Å²) >= 11 is 11.0. The van der Waals surface area contributed by atoms with Gasteiger partial charge in [0.25, 0.3) is 0 Å². The van der Waals surface area contributed by atoms with Gasteiger partial charge in [-0.15, -0.1) is 23.1 Å². The van der Waals surface area contributed by atoms with Crippen molar-refractivity contribution in [3.63, 3.8) is 0 Å². The van der Waals surface area contributed by atoms with Crippen LogP contribution >= 0.6 is 23.2 Å². The monoisotopic (exact) mass is 1990 g/mol. The minimum absolute atomic E-state index is 0. The Hall–Kier alpha value is -8.09. The van der Waals surface area contributed by atoms with Crippen LogP contribution in [0, 0.1) is 23.3 Å². The van der Waals surface area contributed by atoms with E-state index >= 15 is 0 Å². The van der Waals surface area contributed by atoms with Crippen LogP contribution in [0.25, 0.3) is 11.3 Å². The number of nitrogens with zero attached hydrogens (tertiary/aromatic N) is 6. The number of ether oxygens (including phenoxy) is 8. The third-order valence-corrected chi connectivity index (χ3v) is 16.1. The molecule has 0 aliphatic rings. The predicted octanol–water partition coefficient (Wildman–Crippen LogP) is 1.17. The Kier molecular flexibility index (Phi) is 78.4. The average Bonchev–Trinajstić information content (AvgIpc) is 1.66. The summed E-state index contributed by atoms with van der Waals surface area (Å²) in [7, 11) is 86.4. The SMILES string of the molecule is CC(=O)c1cc(F)ccc1O.CC(=O)c1cc(F)ccc1OCCNC(=O)OC(C)(C)C.CC(=O)c1cnc2ccc(Cl)nn12.CC(=O)c1cnc2ccc(OC(C)c3cc(F)ccc3OCCNC(=O)OC(C)(C)C)nn12.CC(C)(C)OC(=O)NCCCl.CC(O)c1cc(F)ccc1OCCNC(=O)OC(C)(C)C.CO.[2H]CF.[B].[B]B([B-])B([B])[B][B-].[B]B([B])B([B])[B][B-].[B]B([B][B-])B([B-])[B-].[B][B]B([B])B([B])[B].[H-].[Na+]. The van der Waals surface area contributed by atoms with Crippen molar-refractivity contribution < 1.29 is 146 Å². The number of amides is 4. The second-order valence-electron chi connectivity index (χ2n) is 32.8. The summed E-state index contributed by atoms with van der Waals surface area (Å²) in [5.41, 5.74) is 0.772. The van der Waals surface area contributed by atoms with Crippen molar-refractivity contribution in [2.45, 2.75) is 159 Å². The molecular weight excluding hydrogens is 1880 g/mol. The van der Waals surface area contributed by atoms with Crippen LogP contribution in [0.5, 0.6) is 28.9 Å². The number of rotatable bonds is 30. The number of hydrogen-bond acceptors (Lipinski definition) is 23. The number of aliphatic hydroxyl groups excluding tert-OH is 2. The second kappa shape index (κ2) is 78.2. The van der Waals surface area contributed by atoms with Gasteiger partial charge < -0.3 is 129 Å². The molecule has 0 aliphatic heterocycles. The molecule has 7 N–H and O–H groups in total. The number of fused-ring (bicyclic) bond motifs is 2. The van der Waals surface area contributed by atoms with Crippen molar-refractivity contribution in [3.8, 4) is 28.9 Å². The van der Waals surface area contributed by atoms with E-state index in [4.69, 9.17) is 196 Å². The number of hydrogen-bond donors (Lipinski definition) is 7. The number of phenols is 1. The van der Waals surface area contributed by atoms with Crippen LogP contribution < -0.4 is 69.8 Å². The topological polar surface area (TPSA) is 380 Å². The molecular formula is C78H104B29Cl2F5N10NaO19-6. The van der Waals surface area contributed by atoms with Crippen LogP contribution in [0.15, 0.2) is 109 Å². The molecule has 4 aromatic carbocycles. The van der Waals surface area contributed by atoms with E-state index in [2.05, 4.69) is 41.4 Å². The molecule has 2 atom stereocenters. The van der Waals surface area contributed by atoms with Crippen LogP contribution in [-0.2, 0) is 18.9 Å². The first-order valence-corrected chi connectivity index (χ1v) is 43.7. The maximum atomic E-state index is 14.0. The molecule has 29 nitrogen and oxygen atoms in total.